The molecule has 1 unspecified atom stereocenters. The highest BCUT2D eigenvalue weighted by Crippen LogP contribution is 2.62. The number of phenols is 1. The number of ether oxygens (including phenoxy) is 1. The molecule has 5 aliphatic carbocycles. The third-order valence-corrected chi connectivity index (χ3v) is 8.57. The lowest BCUT2D eigenvalue weighted by Gasteiger charge is -2.57. The first-order chi connectivity index (χ1) is 14.5. The summed E-state index contributed by atoms with van der Waals surface area (Å²) in [6.45, 7) is 0. The Balaban J connectivity index is 1.29. The van der Waals surface area contributed by atoms with Crippen LogP contribution in [0.1, 0.15) is 62.0 Å². The van der Waals surface area contributed by atoms with Gasteiger partial charge in [-0.15, -0.1) is 0 Å². The van der Waals surface area contributed by atoms with Crippen LogP contribution in [0, 0.1) is 23.7 Å². The second-order valence-electron chi connectivity index (χ2n) is 10.5. The molecular formula is C27H30O3. The van der Waals surface area contributed by atoms with Gasteiger partial charge in [-0.3, -0.25) is 4.79 Å². The first-order valence-corrected chi connectivity index (χ1v) is 11.6. The van der Waals surface area contributed by atoms with Crippen molar-refractivity contribution in [2.75, 3.05) is 7.11 Å². The van der Waals surface area contributed by atoms with Crippen molar-refractivity contribution >= 4 is 5.97 Å². The zero-order valence-corrected chi connectivity index (χ0v) is 17.6. The van der Waals surface area contributed by atoms with Crippen molar-refractivity contribution in [2.45, 2.75) is 56.3 Å². The highest BCUT2D eigenvalue weighted by Gasteiger charge is 2.52. The van der Waals surface area contributed by atoms with Crippen LogP contribution in [-0.4, -0.2) is 18.2 Å². The number of carbonyl (C=O) groups is 1. The molecule has 1 N–H and O–H groups in total. The summed E-state index contributed by atoms with van der Waals surface area (Å²) in [6, 6.07) is 14.9. The average molecular weight is 403 g/mol. The molecule has 0 radical (unpaired) electrons. The van der Waals surface area contributed by atoms with E-state index in [0.29, 0.717) is 11.7 Å². The van der Waals surface area contributed by atoms with Crippen LogP contribution in [0.4, 0.5) is 0 Å². The van der Waals surface area contributed by atoms with Gasteiger partial charge in [0.2, 0.25) is 0 Å². The van der Waals surface area contributed by atoms with Crippen molar-refractivity contribution in [3.8, 4) is 16.9 Å². The van der Waals surface area contributed by atoms with Gasteiger partial charge in [0.1, 0.15) is 5.75 Å². The van der Waals surface area contributed by atoms with Crippen LogP contribution >= 0.6 is 0 Å². The minimum absolute atomic E-state index is 0.0252. The number of benzene rings is 2. The number of hydrogen-bond donors (Lipinski definition) is 1. The first kappa shape index (κ1) is 18.5. The quantitative estimate of drug-likeness (QED) is 0.657. The van der Waals surface area contributed by atoms with Gasteiger partial charge in [-0.05, 0) is 103 Å². The molecule has 0 spiro atoms. The standard InChI is InChI=1S/C27H30O3/c1-30-26(29)23-12-22(23)20-4-2-19(3-5-20)21-6-7-25(28)24(11-21)27-13-16-8-17(14-27)10-18(9-16)15-27/h2-7,11,16-18,22-23,28H,8-10,12-15H2,1H3/t16?,17?,18?,22-,23?,27?/m0/s1. The van der Waals surface area contributed by atoms with Crippen LogP contribution in [-0.2, 0) is 14.9 Å². The van der Waals surface area contributed by atoms with Crippen molar-refractivity contribution in [1.82, 2.24) is 0 Å². The number of hydrogen-bond acceptors (Lipinski definition) is 3. The fourth-order valence-electron chi connectivity index (χ4n) is 7.48. The van der Waals surface area contributed by atoms with E-state index in [1.165, 1.54) is 67.9 Å². The summed E-state index contributed by atoms with van der Waals surface area (Å²) in [5, 5.41) is 10.8. The van der Waals surface area contributed by atoms with Crippen LogP contribution in [0.3, 0.4) is 0 Å². The maximum absolute atomic E-state index is 11.7. The molecule has 5 aliphatic rings. The van der Waals surface area contributed by atoms with E-state index in [1.54, 1.807) is 0 Å². The van der Waals surface area contributed by atoms with E-state index in [-0.39, 0.29) is 17.3 Å². The van der Waals surface area contributed by atoms with Gasteiger partial charge < -0.3 is 9.84 Å². The Morgan fingerprint density at radius 1 is 0.900 bits per heavy atom. The molecule has 5 fully saturated rings. The van der Waals surface area contributed by atoms with Gasteiger partial charge in [0, 0.05) is 5.56 Å². The zero-order valence-electron chi connectivity index (χ0n) is 17.6. The Labute approximate surface area is 178 Å². The topological polar surface area (TPSA) is 46.5 Å². The molecule has 156 valence electrons. The molecule has 2 atom stereocenters. The molecule has 3 nitrogen and oxygen atoms in total. The van der Waals surface area contributed by atoms with Gasteiger partial charge >= 0.3 is 5.97 Å². The van der Waals surface area contributed by atoms with E-state index in [9.17, 15) is 9.90 Å². The number of carbonyl (C=O) groups excluding carboxylic acids is 1. The summed E-state index contributed by atoms with van der Waals surface area (Å²) in [4.78, 5) is 11.7. The third-order valence-electron chi connectivity index (χ3n) is 8.57. The van der Waals surface area contributed by atoms with E-state index in [4.69, 9.17) is 4.74 Å². The number of esters is 1. The summed E-state index contributed by atoms with van der Waals surface area (Å²) in [5.41, 5.74) is 4.96. The van der Waals surface area contributed by atoms with Crippen molar-refractivity contribution in [2.24, 2.45) is 23.7 Å². The fraction of sp³-hybridized carbons (Fsp3) is 0.519. The van der Waals surface area contributed by atoms with Crippen LogP contribution < -0.4 is 0 Å². The van der Waals surface area contributed by atoms with E-state index in [2.05, 4.69) is 30.3 Å². The number of aromatic hydroxyl groups is 1. The van der Waals surface area contributed by atoms with Crippen molar-refractivity contribution in [3.63, 3.8) is 0 Å². The normalized spacial score (nSPS) is 36.0. The van der Waals surface area contributed by atoms with E-state index in [1.807, 2.05) is 12.1 Å². The van der Waals surface area contributed by atoms with Gasteiger partial charge in [-0.1, -0.05) is 30.3 Å². The predicted molar refractivity (Wildman–Crippen MR) is 116 cm³/mol. The molecule has 3 heteroatoms. The summed E-state index contributed by atoms with van der Waals surface area (Å²) >= 11 is 0. The lowest BCUT2D eigenvalue weighted by molar-refractivity contribution is -0.142. The van der Waals surface area contributed by atoms with E-state index >= 15 is 0 Å². The molecule has 0 aliphatic heterocycles. The van der Waals surface area contributed by atoms with Gasteiger partial charge in [0.25, 0.3) is 0 Å². The Kier molecular flexibility index (Phi) is 4.07. The lowest BCUT2D eigenvalue weighted by Crippen LogP contribution is -2.48. The van der Waals surface area contributed by atoms with E-state index in [0.717, 1.165) is 24.2 Å². The Morgan fingerprint density at radius 3 is 2.10 bits per heavy atom. The lowest BCUT2D eigenvalue weighted by atomic mass is 9.48. The summed E-state index contributed by atoms with van der Waals surface area (Å²) in [7, 11) is 1.47. The molecular weight excluding hydrogens is 372 g/mol. The predicted octanol–water partition coefficient (Wildman–Crippen LogP) is 5.80. The van der Waals surface area contributed by atoms with E-state index < -0.39 is 0 Å². The summed E-state index contributed by atoms with van der Waals surface area (Å²) in [6.07, 6.45) is 8.89. The smallest absolute Gasteiger partial charge is 0.309 e. The molecule has 4 bridgehead atoms. The second-order valence-corrected chi connectivity index (χ2v) is 10.5. The molecule has 2 aromatic rings. The summed E-state index contributed by atoms with van der Waals surface area (Å²) < 4.78 is 4.88. The molecule has 30 heavy (non-hydrogen) atoms. The van der Waals surface area contributed by atoms with Crippen LogP contribution in [0.15, 0.2) is 42.5 Å². The molecule has 5 saturated carbocycles. The molecule has 0 aromatic heterocycles. The molecule has 7 rings (SSSR count). The number of rotatable bonds is 4. The largest absolute Gasteiger partial charge is 0.508 e. The number of methoxy groups -OCH3 is 1. The monoisotopic (exact) mass is 402 g/mol. The van der Waals surface area contributed by atoms with Gasteiger partial charge in [0.05, 0.1) is 13.0 Å². The molecule has 0 heterocycles. The van der Waals surface area contributed by atoms with Gasteiger partial charge in [-0.2, -0.15) is 0 Å². The first-order valence-electron chi connectivity index (χ1n) is 11.6. The van der Waals surface area contributed by atoms with Crippen molar-refractivity contribution < 1.29 is 14.6 Å². The Hall–Kier alpha value is -2.29. The Bertz CT molecular complexity index is 954. The molecule has 0 amide bonds. The minimum Gasteiger partial charge on any atom is -0.508 e. The highest BCUT2D eigenvalue weighted by atomic mass is 16.5. The van der Waals surface area contributed by atoms with Crippen molar-refractivity contribution in [1.29, 1.82) is 0 Å². The van der Waals surface area contributed by atoms with Crippen LogP contribution in [0.2, 0.25) is 0 Å². The van der Waals surface area contributed by atoms with Gasteiger partial charge in [0.15, 0.2) is 0 Å². The zero-order chi connectivity index (χ0) is 20.5. The van der Waals surface area contributed by atoms with Crippen LogP contribution in [0.5, 0.6) is 5.75 Å². The maximum atomic E-state index is 11.7. The van der Waals surface area contributed by atoms with Crippen molar-refractivity contribution in [3.05, 3.63) is 53.6 Å². The average Bonchev–Trinajstić information content (AvgIpc) is 3.54. The van der Waals surface area contributed by atoms with Crippen LogP contribution in [0.25, 0.3) is 11.1 Å². The second kappa shape index (κ2) is 6.60. The third kappa shape index (κ3) is 2.89. The SMILES string of the molecule is COC(=O)C1C[C@H]1c1ccc(-c2ccc(O)c(C34CC5CC(CC(C5)C3)C4)c2)cc1. The maximum Gasteiger partial charge on any atom is 0.309 e. The highest BCUT2D eigenvalue weighted by molar-refractivity contribution is 5.77. The Morgan fingerprint density at radius 2 is 1.50 bits per heavy atom. The minimum atomic E-state index is -0.0946. The molecule has 2 aromatic carbocycles. The fourth-order valence-corrected chi connectivity index (χ4v) is 7.48. The number of phenolic OH excluding ortho intramolecular Hbond substituents is 1. The van der Waals surface area contributed by atoms with Gasteiger partial charge in [-0.25, -0.2) is 0 Å². The summed E-state index contributed by atoms with van der Waals surface area (Å²) in [5.74, 6) is 3.30. The molecule has 0 saturated heterocycles.